The molecule has 0 atom stereocenters. The second kappa shape index (κ2) is 5.16. The number of carbonyl (C=O) groups is 1. The molecule has 0 spiro atoms. The molecule has 0 saturated carbocycles. The molecule has 0 fully saturated rings. The first kappa shape index (κ1) is 12.0. The van der Waals surface area contributed by atoms with E-state index in [0.717, 1.165) is 0 Å². The van der Waals surface area contributed by atoms with Crippen LogP contribution in [-0.4, -0.2) is 21.9 Å². The second-order valence-electron chi connectivity index (χ2n) is 2.58. The van der Waals surface area contributed by atoms with E-state index >= 15 is 0 Å². The molecule has 0 aromatic carbocycles. The number of aliphatic hydroxyl groups excluding tert-OH is 1. The number of halogens is 2. The van der Waals surface area contributed by atoms with Crippen LogP contribution in [0.4, 0.5) is 0 Å². The minimum absolute atomic E-state index is 0.119. The zero-order valence-corrected chi connectivity index (χ0v) is 8.93. The van der Waals surface area contributed by atoms with Gasteiger partial charge in [0.25, 0.3) is 5.24 Å². The Bertz CT molecular complexity index is 429. The summed E-state index contributed by atoms with van der Waals surface area (Å²) in [5.41, 5.74) is -0.413. The standard InChI is InChI=1S/C8H7Cl2NO4/c9-6(13)3-15-5-1-11-4(2-12)7(10)8(5)14/h1,12H,2-3H2,(H,11,14). The van der Waals surface area contributed by atoms with Gasteiger partial charge >= 0.3 is 0 Å². The summed E-state index contributed by atoms with van der Waals surface area (Å²) in [4.78, 5) is 24.4. The first-order valence-corrected chi connectivity index (χ1v) is 4.64. The predicted octanol–water partition coefficient (Wildman–Crippen LogP) is 0.665. The summed E-state index contributed by atoms with van der Waals surface area (Å²) >= 11 is 10.6. The van der Waals surface area contributed by atoms with Crippen molar-refractivity contribution < 1.29 is 14.6 Å². The van der Waals surface area contributed by atoms with Gasteiger partial charge in [-0.2, -0.15) is 0 Å². The van der Waals surface area contributed by atoms with Crippen LogP contribution >= 0.6 is 23.2 Å². The molecular weight excluding hydrogens is 245 g/mol. The number of nitrogens with one attached hydrogen (secondary N) is 1. The number of H-pyrrole nitrogens is 1. The van der Waals surface area contributed by atoms with Crippen LogP contribution in [0.25, 0.3) is 0 Å². The van der Waals surface area contributed by atoms with E-state index in [9.17, 15) is 9.59 Å². The molecule has 0 bridgehead atoms. The normalized spacial score (nSPS) is 10.1. The van der Waals surface area contributed by atoms with Gasteiger partial charge < -0.3 is 14.8 Å². The highest BCUT2D eigenvalue weighted by Gasteiger charge is 2.10. The summed E-state index contributed by atoms with van der Waals surface area (Å²) in [7, 11) is 0. The zero-order chi connectivity index (χ0) is 11.4. The topological polar surface area (TPSA) is 79.4 Å². The summed E-state index contributed by atoms with van der Waals surface area (Å²) < 4.78 is 4.79. The van der Waals surface area contributed by atoms with E-state index in [1.54, 1.807) is 0 Å². The third-order valence-corrected chi connectivity index (χ3v) is 2.07. The first-order chi connectivity index (χ1) is 7.06. The molecule has 0 aliphatic rings. The lowest BCUT2D eigenvalue weighted by molar-refractivity contribution is -0.113. The molecule has 0 unspecified atom stereocenters. The van der Waals surface area contributed by atoms with Crippen molar-refractivity contribution in [2.24, 2.45) is 0 Å². The van der Waals surface area contributed by atoms with Gasteiger partial charge in [-0.05, 0) is 11.6 Å². The van der Waals surface area contributed by atoms with Gasteiger partial charge in [-0.15, -0.1) is 0 Å². The van der Waals surface area contributed by atoms with Gasteiger partial charge in [0.15, 0.2) is 12.4 Å². The third-order valence-electron chi connectivity index (χ3n) is 1.56. The zero-order valence-electron chi connectivity index (χ0n) is 7.42. The van der Waals surface area contributed by atoms with Crippen molar-refractivity contribution in [1.29, 1.82) is 0 Å². The monoisotopic (exact) mass is 251 g/mol. The van der Waals surface area contributed by atoms with E-state index in [0.29, 0.717) is 0 Å². The number of rotatable bonds is 4. The molecule has 1 aromatic rings. The number of carbonyl (C=O) groups excluding carboxylic acids is 1. The first-order valence-electron chi connectivity index (χ1n) is 3.88. The predicted molar refractivity (Wildman–Crippen MR) is 54.4 cm³/mol. The number of aromatic nitrogens is 1. The quantitative estimate of drug-likeness (QED) is 0.771. The highest BCUT2D eigenvalue weighted by atomic mass is 35.5. The molecule has 15 heavy (non-hydrogen) atoms. The van der Waals surface area contributed by atoms with E-state index in [2.05, 4.69) is 4.98 Å². The number of hydrogen-bond acceptors (Lipinski definition) is 4. The van der Waals surface area contributed by atoms with Crippen molar-refractivity contribution in [1.82, 2.24) is 4.98 Å². The number of aromatic amines is 1. The fourth-order valence-electron chi connectivity index (χ4n) is 0.884. The molecular formula is C8H7Cl2NO4. The van der Waals surface area contributed by atoms with E-state index in [1.807, 2.05) is 0 Å². The molecule has 0 radical (unpaired) electrons. The Morgan fingerprint density at radius 2 is 2.27 bits per heavy atom. The average Bonchev–Trinajstić information content (AvgIpc) is 2.20. The summed E-state index contributed by atoms with van der Waals surface area (Å²) in [6.45, 7) is -0.803. The van der Waals surface area contributed by atoms with Crippen LogP contribution in [0.15, 0.2) is 11.0 Å². The number of ether oxygens (including phenoxy) is 1. The smallest absolute Gasteiger partial charge is 0.259 e. The van der Waals surface area contributed by atoms with Crippen LogP contribution in [0.2, 0.25) is 5.02 Å². The van der Waals surface area contributed by atoms with Gasteiger partial charge in [0, 0.05) is 6.20 Å². The molecule has 1 rings (SSSR count). The minimum Gasteiger partial charge on any atom is -0.479 e. The fraction of sp³-hybridized carbons (Fsp3) is 0.250. The number of hydrogen-bond donors (Lipinski definition) is 2. The Hall–Kier alpha value is -1.04. The Kier molecular flexibility index (Phi) is 4.14. The molecule has 0 aliphatic carbocycles. The number of pyridine rings is 1. The molecule has 0 saturated heterocycles. The Morgan fingerprint density at radius 1 is 1.60 bits per heavy atom. The van der Waals surface area contributed by atoms with Crippen molar-refractivity contribution in [3.8, 4) is 5.75 Å². The van der Waals surface area contributed by atoms with Crippen molar-refractivity contribution in [3.63, 3.8) is 0 Å². The molecule has 2 N–H and O–H groups in total. The minimum atomic E-state index is -0.725. The third kappa shape index (κ3) is 2.95. The van der Waals surface area contributed by atoms with E-state index in [1.165, 1.54) is 6.20 Å². The van der Waals surface area contributed by atoms with Crippen LogP contribution in [-0.2, 0) is 11.4 Å². The largest absolute Gasteiger partial charge is 0.479 e. The van der Waals surface area contributed by atoms with Crippen LogP contribution < -0.4 is 10.2 Å². The molecule has 7 heteroatoms. The van der Waals surface area contributed by atoms with E-state index in [4.69, 9.17) is 33.0 Å². The maximum absolute atomic E-state index is 11.4. The van der Waals surface area contributed by atoms with Gasteiger partial charge in [-0.25, -0.2) is 0 Å². The van der Waals surface area contributed by atoms with Gasteiger partial charge in [-0.3, -0.25) is 9.59 Å². The van der Waals surface area contributed by atoms with Gasteiger partial charge in [0.05, 0.1) is 12.3 Å². The lowest BCUT2D eigenvalue weighted by Crippen LogP contribution is -2.14. The molecule has 0 aliphatic heterocycles. The van der Waals surface area contributed by atoms with Crippen molar-refractivity contribution in [2.45, 2.75) is 6.61 Å². The maximum Gasteiger partial charge on any atom is 0.259 e. The number of aliphatic hydroxyl groups is 1. The van der Waals surface area contributed by atoms with Crippen molar-refractivity contribution >= 4 is 28.4 Å². The molecule has 1 aromatic heterocycles. The molecule has 5 nitrogen and oxygen atoms in total. The van der Waals surface area contributed by atoms with Crippen LogP contribution in [0.1, 0.15) is 5.69 Å². The highest BCUT2D eigenvalue weighted by Crippen LogP contribution is 2.12. The summed E-state index contributed by atoms with van der Waals surface area (Å²) in [5.74, 6) is -0.119. The van der Waals surface area contributed by atoms with Crippen LogP contribution in [0, 0.1) is 0 Å². The Morgan fingerprint density at radius 3 is 2.80 bits per heavy atom. The maximum atomic E-state index is 11.4. The van der Waals surface area contributed by atoms with Gasteiger partial charge in [-0.1, -0.05) is 11.6 Å². The SMILES string of the molecule is O=C(Cl)COc1c[nH]c(CO)c(Cl)c1=O. The van der Waals surface area contributed by atoms with Crippen LogP contribution in [0.3, 0.4) is 0 Å². The summed E-state index contributed by atoms with van der Waals surface area (Å²) in [5, 5.41) is 7.89. The van der Waals surface area contributed by atoms with E-state index in [-0.39, 0.29) is 23.1 Å². The fourth-order valence-corrected chi connectivity index (χ4v) is 1.15. The van der Waals surface area contributed by atoms with Gasteiger partial charge in [0.2, 0.25) is 5.43 Å². The lowest BCUT2D eigenvalue weighted by atomic mass is 10.3. The summed E-state index contributed by atoms with van der Waals surface area (Å²) in [6.07, 6.45) is 1.21. The van der Waals surface area contributed by atoms with Crippen LogP contribution in [0.5, 0.6) is 5.75 Å². The average molecular weight is 252 g/mol. The highest BCUT2D eigenvalue weighted by molar-refractivity contribution is 6.63. The molecule has 0 amide bonds. The lowest BCUT2D eigenvalue weighted by Gasteiger charge is -2.04. The Labute approximate surface area is 94.6 Å². The van der Waals surface area contributed by atoms with E-state index < -0.39 is 17.3 Å². The molecule has 1 heterocycles. The van der Waals surface area contributed by atoms with Gasteiger partial charge in [0.1, 0.15) is 5.02 Å². The van der Waals surface area contributed by atoms with Crippen molar-refractivity contribution in [3.05, 3.63) is 27.1 Å². The molecule has 82 valence electrons. The Balaban J connectivity index is 2.97. The summed E-state index contributed by atoms with van der Waals surface area (Å²) in [6, 6.07) is 0. The second-order valence-corrected chi connectivity index (χ2v) is 3.38. The van der Waals surface area contributed by atoms with Crippen molar-refractivity contribution in [2.75, 3.05) is 6.61 Å².